The first kappa shape index (κ1) is 9.33. The summed E-state index contributed by atoms with van der Waals surface area (Å²) < 4.78 is 0. The fourth-order valence-corrected chi connectivity index (χ4v) is 0.250. The number of hydrogen-bond donors (Lipinski definition) is 1. The summed E-state index contributed by atoms with van der Waals surface area (Å²) in [5, 5.41) is 0. The molecule has 0 aromatic rings. The molecule has 0 rings (SSSR count). The van der Waals surface area contributed by atoms with E-state index in [-0.39, 0.29) is 5.48 Å². The quantitative estimate of drug-likeness (QED) is 0.505. The Balaban J connectivity index is 0. The molecule has 0 spiro atoms. The summed E-state index contributed by atoms with van der Waals surface area (Å²) in [7, 11) is 0. The second-order valence-corrected chi connectivity index (χ2v) is 1.21. The Hall–Kier alpha value is -0.0800. The Labute approximate surface area is 38.7 Å². The molecule has 0 saturated carbocycles. The minimum absolute atomic E-state index is 0. The summed E-state index contributed by atoms with van der Waals surface area (Å²) in [6, 6.07) is 0. The van der Waals surface area contributed by atoms with Crippen LogP contribution in [0.25, 0.3) is 0 Å². The van der Waals surface area contributed by atoms with Crippen molar-refractivity contribution in [3.05, 3.63) is 0 Å². The van der Waals surface area contributed by atoms with Crippen LogP contribution in [0, 0.1) is 0 Å². The van der Waals surface area contributed by atoms with Crippen LogP contribution in [0.4, 0.5) is 0 Å². The molecule has 0 saturated heterocycles. The maximum atomic E-state index is 3.68. The maximum Gasteiger partial charge on any atom is 0.0739 e. The highest BCUT2D eigenvalue weighted by molar-refractivity contribution is 4.21. The summed E-state index contributed by atoms with van der Waals surface area (Å²) >= 11 is 0. The van der Waals surface area contributed by atoms with Gasteiger partial charge in [-0.1, -0.05) is 13.3 Å². The molecule has 6 heavy (non-hydrogen) atoms. The van der Waals surface area contributed by atoms with Gasteiger partial charge in [0.2, 0.25) is 0 Å². The molecule has 0 heterocycles. The van der Waals surface area contributed by atoms with Crippen molar-refractivity contribution in [2.75, 3.05) is 6.54 Å². The van der Waals surface area contributed by atoms with Gasteiger partial charge in [0.25, 0.3) is 0 Å². The lowest BCUT2D eigenvalue weighted by atomic mass is 10.3. The molecular weight excluding hydrogens is 78.0 g/mol. The molecule has 2 heteroatoms. The van der Waals surface area contributed by atoms with Crippen molar-refractivity contribution in [2.24, 2.45) is 0 Å². The molecule has 0 aromatic heterocycles. The van der Waals surface area contributed by atoms with Crippen LogP contribution in [-0.2, 0) is 0 Å². The number of rotatable bonds is 2. The lowest BCUT2D eigenvalue weighted by molar-refractivity contribution is -0.368. The van der Waals surface area contributed by atoms with Gasteiger partial charge in [-0.25, -0.2) is 0 Å². The number of hydrogen-bond acceptors (Lipinski definition) is 1. The van der Waals surface area contributed by atoms with E-state index in [4.69, 9.17) is 0 Å². The maximum absolute atomic E-state index is 3.68. The summed E-state index contributed by atoms with van der Waals surface area (Å²) in [4.78, 5) is 0. The van der Waals surface area contributed by atoms with Gasteiger partial charge in [-0.2, -0.15) is 0 Å². The number of quaternary nitrogens is 1. The van der Waals surface area contributed by atoms with Gasteiger partial charge in [0.05, 0.1) is 6.54 Å². The van der Waals surface area contributed by atoms with Gasteiger partial charge in [-0.15, -0.1) is 0 Å². The van der Waals surface area contributed by atoms with Gasteiger partial charge in [-0.05, 0) is 6.42 Å². The van der Waals surface area contributed by atoms with Gasteiger partial charge < -0.3 is 11.2 Å². The van der Waals surface area contributed by atoms with E-state index in [2.05, 4.69) is 12.7 Å². The molecule has 0 amide bonds. The van der Waals surface area contributed by atoms with Gasteiger partial charge >= 0.3 is 0 Å². The molecule has 0 fully saturated rings. The third-order valence-corrected chi connectivity index (χ3v) is 0.604. The molecule has 0 bridgehead atoms. The first-order chi connectivity index (χ1) is 2.41. The van der Waals surface area contributed by atoms with Gasteiger partial charge in [0, 0.05) is 0 Å². The van der Waals surface area contributed by atoms with Gasteiger partial charge in [0.1, 0.15) is 0 Å². The summed E-state index contributed by atoms with van der Waals surface area (Å²) in [6.45, 7) is 3.27. The molecule has 4 N–H and O–H groups in total. The normalized spacial score (nSPS) is 7.00. The van der Waals surface area contributed by atoms with E-state index in [1.165, 1.54) is 12.8 Å². The van der Waals surface area contributed by atoms with Crippen LogP contribution in [0.5, 0.6) is 0 Å². The van der Waals surface area contributed by atoms with E-state index in [1.807, 2.05) is 0 Å². The average molecular weight is 91.2 g/mol. The topological polar surface area (TPSA) is 57.6 Å². The van der Waals surface area contributed by atoms with Crippen LogP contribution in [0.15, 0.2) is 0 Å². The third-order valence-electron chi connectivity index (χ3n) is 0.604. The molecule has 0 aliphatic carbocycles. The highest BCUT2D eigenvalue weighted by Gasteiger charge is 1.71. The standard InChI is InChI=1S/C4H11N.H2O/c1-2-3-4-5;/h2-5H2,1H3;1H2. The third kappa shape index (κ3) is 9.07. The van der Waals surface area contributed by atoms with Crippen LogP contribution in [0.1, 0.15) is 19.8 Å². The van der Waals surface area contributed by atoms with Crippen molar-refractivity contribution in [1.29, 1.82) is 0 Å². The molecule has 0 radical (unpaired) electrons. The van der Waals surface area contributed by atoms with E-state index >= 15 is 0 Å². The van der Waals surface area contributed by atoms with Crippen molar-refractivity contribution in [3.8, 4) is 0 Å². The number of unbranched alkanes of at least 4 members (excludes halogenated alkanes) is 1. The minimum Gasteiger partial charge on any atom is -0.870 e. The molecule has 40 valence electrons. The zero-order chi connectivity index (χ0) is 4.12. The van der Waals surface area contributed by atoms with Crippen molar-refractivity contribution >= 4 is 0 Å². The van der Waals surface area contributed by atoms with Crippen LogP contribution in [-0.4, -0.2) is 12.0 Å². The Morgan fingerprint density at radius 2 is 2.00 bits per heavy atom. The SMILES string of the molecule is CCCC[NH3+].[OH-]. The van der Waals surface area contributed by atoms with E-state index in [0.717, 1.165) is 6.54 Å². The van der Waals surface area contributed by atoms with Crippen LogP contribution >= 0.6 is 0 Å². The zero-order valence-electron chi connectivity index (χ0n) is 4.28. The molecule has 0 aromatic carbocycles. The predicted molar refractivity (Wildman–Crippen MR) is 24.6 cm³/mol. The highest BCUT2D eigenvalue weighted by atomic mass is 16.0. The lowest BCUT2D eigenvalue weighted by Crippen LogP contribution is -2.49. The Morgan fingerprint density at radius 3 is 2.00 bits per heavy atom. The van der Waals surface area contributed by atoms with E-state index < -0.39 is 0 Å². The van der Waals surface area contributed by atoms with E-state index in [1.54, 1.807) is 0 Å². The monoisotopic (exact) mass is 91.1 g/mol. The molecule has 0 unspecified atom stereocenters. The second kappa shape index (κ2) is 8.87. The van der Waals surface area contributed by atoms with Crippen molar-refractivity contribution < 1.29 is 11.2 Å². The fraction of sp³-hybridized carbons (Fsp3) is 1.00. The van der Waals surface area contributed by atoms with Gasteiger partial charge in [0.15, 0.2) is 0 Å². The summed E-state index contributed by atoms with van der Waals surface area (Å²) in [5.41, 5.74) is 3.68. The Morgan fingerprint density at radius 1 is 1.50 bits per heavy atom. The highest BCUT2D eigenvalue weighted by Crippen LogP contribution is 1.75. The first-order valence-electron chi connectivity index (χ1n) is 2.21. The summed E-state index contributed by atoms with van der Waals surface area (Å²) in [6.07, 6.45) is 2.56. The smallest absolute Gasteiger partial charge is 0.0739 e. The van der Waals surface area contributed by atoms with Crippen LogP contribution < -0.4 is 5.73 Å². The first-order valence-corrected chi connectivity index (χ1v) is 2.21. The second-order valence-electron chi connectivity index (χ2n) is 1.21. The van der Waals surface area contributed by atoms with Crippen molar-refractivity contribution in [3.63, 3.8) is 0 Å². The average Bonchev–Trinajstić information content (AvgIpc) is 1.41. The minimum atomic E-state index is 0. The molecule has 0 aliphatic heterocycles. The molecule has 0 atom stereocenters. The summed E-state index contributed by atoms with van der Waals surface area (Å²) in [5.74, 6) is 0. The molecular formula is C4H13NO. The largest absolute Gasteiger partial charge is 0.870 e. The Bertz CT molecular complexity index is 15.0. The van der Waals surface area contributed by atoms with Crippen molar-refractivity contribution in [2.45, 2.75) is 19.8 Å². The predicted octanol–water partition coefficient (Wildman–Crippen LogP) is -0.148. The lowest BCUT2D eigenvalue weighted by Gasteiger charge is -1.77. The van der Waals surface area contributed by atoms with Crippen LogP contribution in [0.2, 0.25) is 0 Å². The van der Waals surface area contributed by atoms with Crippen LogP contribution in [0.3, 0.4) is 0 Å². The molecule has 0 aliphatic rings. The Kier molecular flexibility index (Phi) is 13.8. The van der Waals surface area contributed by atoms with Crippen molar-refractivity contribution in [1.82, 2.24) is 0 Å². The zero-order valence-corrected chi connectivity index (χ0v) is 4.28. The van der Waals surface area contributed by atoms with E-state index in [0.29, 0.717) is 0 Å². The van der Waals surface area contributed by atoms with E-state index in [9.17, 15) is 0 Å². The molecule has 2 nitrogen and oxygen atoms in total. The van der Waals surface area contributed by atoms with Gasteiger partial charge in [-0.3, -0.25) is 0 Å². The fourth-order valence-electron chi connectivity index (χ4n) is 0.250.